The Balaban J connectivity index is 1.17. The molecule has 2 aromatic carbocycles. The predicted octanol–water partition coefficient (Wildman–Crippen LogP) is 0.889. The van der Waals surface area contributed by atoms with Gasteiger partial charge in [-0.05, 0) is 61.9 Å². The quantitative estimate of drug-likeness (QED) is 0.0558. The van der Waals surface area contributed by atoms with Crippen molar-refractivity contribution >= 4 is 63.9 Å². The van der Waals surface area contributed by atoms with E-state index in [0.717, 1.165) is 22.0 Å². The number of nitrogens with two attached hydrogens (primary N) is 1. The van der Waals surface area contributed by atoms with Gasteiger partial charge in [-0.3, -0.25) is 67.7 Å². The molecule has 3 aromatic rings. The summed E-state index contributed by atoms with van der Waals surface area (Å²) < 4.78 is 0. The van der Waals surface area contributed by atoms with E-state index in [2.05, 4.69) is 15.6 Å². The molecule has 0 spiro atoms. The van der Waals surface area contributed by atoms with Crippen molar-refractivity contribution in [2.24, 2.45) is 17.6 Å². The van der Waals surface area contributed by atoms with Crippen molar-refractivity contribution < 1.29 is 58.5 Å². The minimum atomic E-state index is -1.04. The monoisotopic (exact) mass is 1020 g/mol. The molecule has 21 nitrogen and oxygen atoms in total. The van der Waals surface area contributed by atoms with Crippen molar-refractivity contribution in [1.82, 2.24) is 40.1 Å². The fourth-order valence-electron chi connectivity index (χ4n) is 9.64. The van der Waals surface area contributed by atoms with Crippen LogP contribution in [0.4, 0.5) is 0 Å². The first-order valence-corrected chi connectivity index (χ1v) is 25.3. The number of likely N-dealkylation sites (tertiary alicyclic amines) is 1. The third-order valence-corrected chi connectivity index (χ3v) is 13.7. The summed E-state index contributed by atoms with van der Waals surface area (Å²) in [6, 6.07) is 14.9. The number of aromatic nitrogens is 1. The molecule has 21 heteroatoms. The predicted molar refractivity (Wildman–Crippen MR) is 270 cm³/mol. The van der Waals surface area contributed by atoms with E-state index < -0.39 is 59.4 Å². The maximum absolute atomic E-state index is 14.3. The molecule has 3 atom stereocenters. The Labute approximate surface area is 425 Å². The summed E-state index contributed by atoms with van der Waals surface area (Å²) in [7, 11) is 0. The van der Waals surface area contributed by atoms with Crippen LogP contribution in [0.1, 0.15) is 63.0 Å². The topological polar surface area (TPSA) is 296 Å². The van der Waals surface area contributed by atoms with Gasteiger partial charge in [0.25, 0.3) is 0 Å². The second-order valence-corrected chi connectivity index (χ2v) is 19.4. The first-order chi connectivity index (χ1) is 34.9. The van der Waals surface area contributed by atoms with Crippen LogP contribution in [-0.4, -0.2) is 208 Å². The average Bonchev–Trinajstić information content (AvgIpc) is 3.75. The molecular formula is C52H73N9O12. The number of ketones is 3. The average molecular weight is 1020 g/mol. The Morgan fingerprint density at radius 2 is 1.14 bits per heavy atom. The molecule has 2 aliphatic rings. The van der Waals surface area contributed by atoms with Crippen LogP contribution in [0.2, 0.25) is 0 Å². The van der Waals surface area contributed by atoms with Gasteiger partial charge in [0.2, 0.25) is 17.7 Å². The number of H-pyrrole nitrogens is 1. The number of para-hydroxylation sites is 1. The molecule has 3 heterocycles. The van der Waals surface area contributed by atoms with Crippen molar-refractivity contribution in [3.63, 3.8) is 0 Å². The molecule has 73 heavy (non-hydrogen) atoms. The zero-order valence-electron chi connectivity index (χ0n) is 41.9. The summed E-state index contributed by atoms with van der Waals surface area (Å²) >= 11 is 0. The number of Topliss-reactive ketones (excluding diaryl/α,β-unsaturated/α-hetero) is 3. The van der Waals surface area contributed by atoms with Gasteiger partial charge in [-0.25, -0.2) is 0 Å². The van der Waals surface area contributed by atoms with Crippen molar-refractivity contribution in [2.45, 2.75) is 76.8 Å². The molecular weight excluding hydrogens is 943 g/mol. The van der Waals surface area contributed by atoms with Crippen LogP contribution in [0.25, 0.3) is 10.9 Å². The molecule has 0 unspecified atom stereocenters. The number of benzene rings is 2. The highest BCUT2D eigenvalue weighted by molar-refractivity contribution is 5.95. The maximum atomic E-state index is 14.3. The van der Waals surface area contributed by atoms with E-state index in [4.69, 9.17) is 5.73 Å². The zero-order chi connectivity index (χ0) is 52.9. The number of fused-ring (bicyclic) bond motifs is 1. The van der Waals surface area contributed by atoms with Gasteiger partial charge in [-0.1, -0.05) is 55.5 Å². The van der Waals surface area contributed by atoms with Crippen LogP contribution in [0.15, 0.2) is 60.8 Å². The summed E-state index contributed by atoms with van der Waals surface area (Å²) in [5.41, 5.74) is 8.01. The molecule has 398 valence electrons. The first kappa shape index (κ1) is 57.5. The zero-order valence-corrected chi connectivity index (χ0v) is 41.9. The van der Waals surface area contributed by atoms with Gasteiger partial charge in [0.05, 0.1) is 44.8 Å². The number of carboxylic acid groups (broad SMARTS) is 3. The van der Waals surface area contributed by atoms with Gasteiger partial charge >= 0.3 is 17.9 Å². The summed E-state index contributed by atoms with van der Waals surface area (Å²) in [5, 5.41) is 35.3. The number of carbonyl (C=O) groups is 9. The number of carboxylic acids is 3. The second-order valence-electron chi connectivity index (χ2n) is 19.4. The molecule has 0 radical (unpaired) electrons. The Bertz CT molecular complexity index is 2320. The third kappa shape index (κ3) is 20.2. The smallest absolute Gasteiger partial charge is 0.317 e. The highest BCUT2D eigenvalue weighted by atomic mass is 16.4. The lowest BCUT2D eigenvalue weighted by Crippen LogP contribution is -2.50. The number of aliphatic carboxylic acids is 3. The fraction of sp³-hybridized carbons (Fsp3) is 0.558. The molecule has 3 amide bonds. The van der Waals surface area contributed by atoms with Crippen molar-refractivity contribution in [3.05, 3.63) is 71.9 Å². The number of nitrogens with zero attached hydrogens (tertiary/aromatic N) is 5. The van der Waals surface area contributed by atoms with E-state index >= 15 is 0 Å². The van der Waals surface area contributed by atoms with Crippen molar-refractivity contribution in [3.8, 4) is 0 Å². The van der Waals surface area contributed by atoms with E-state index in [1.807, 2.05) is 64.4 Å². The minimum Gasteiger partial charge on any atom is -0.480 e. The van der Waals surface area contributed by atoms with Crippen LogP contribution in [0.5, 0.6) is 0 Å². The Hall–Kier alpha value is -6.39. The number of aromatic amines is 1. The maximum Gasteiger partial charge on any atom is 0.317 e. The number of amides is 3. The minimum absolute atomic E-state index is 0.0129. The molecule has 0 saturated carbocycles. The summed E-state index contributed by atoms with van der Waals surface area (Å²) in [4.78, 5) is 128. The molecule has 5 rings (SSSR count). The van der Waals surface area contributed by atoms with E-state index in [-0.39, 0.29) is 121 Å². The van der Waals surface area contributed by atoms with Crippen LogP contribution >= 0.6 is 0 Å². The largest absolute Gasteiger partial charge is 0.480 e. The van der Waals surface area contributed by atoms with Crippen LogP contribution in [-0.2, 0) is 56.0 Å². The third-order valence-electron chi connectivity index (χ3n) is 13.7. The second kappa shape index (κ2) is 29.3. The van der Waals surface area contributed by atoms with Gasteiger partial charge in [0.15, 0.2) is 11.6 Å². The Morgan fingerprint density at radius 3 is 1.67 bits per heavy atom. The number of hydrogen-bond donors (Lipinski definition) is 7. The van der Waals surface area contributed by atoms with Crippen molar-refractivity contribution in [1.29, 1.82) is 0 Å². The summed E-state index contributed by atoms with van der Waals surface area (Å²) in [6.07, 6.45) is 3.35. The number of piperidine rings is 1. The van der Waals surface area contributed by atoms with Gasteiger partial charge < -0.3 is 36.7 Å². The fourth-order valence-corrected chi connectivity index (χ4v) is 9.64. The molecule has 2 saturated heterocycles. The van der Waals surface area contributed by atoms with E-state index in [1.54, 1.807) is 27.8 Å². The standard InChI is InChI=1S/C52H73N9O12/c1-2-45(63)44(28-39-30-54-42-11-7-6-10-41(39)42)56-52(73)38(12-13-47(53)65)29-46(64)43(27-36-8-4-3-5-9-36)55-48(66)32-57-16-14-37(15-17-57)26-40(62)31-58-18-20-59(33-49(67)68)22-24-61(35-51(71)72)25-23-60(21-19-58)34-50(69)70/h3-11,30,37-38,43-44,54H,2,12-29,31-35H2,1H3,(H2,53,65)(H,55,66)(H,56,73)(H,67,68)(H,69,70)(H,71,72)/t38-,43-,44+/m1/s1. The van der Waals surface area contributed by atoms with E-state index in [9.17, 15) is 58.5 Å². The van der Waals surface area contributed by atoms with Crippen molar-refractivity contribution in [2.75, 3.05) is 98.2 Å². The number of hydrogen-bond acceptors (Lipinski definition) is 14. The normalized spacial score (nSPS) is 17.6. The van der Waals surface area contributed by atoms with Crippen LogP contribution in [0.3, 0.4) is 0 Å². The first-order valence-electron chi connectivity index (χ1n) is 25.3. The molecule has 1 aromatic heterocycles. The summed E-state index contributed by atoms with van der Waals surface area (Å²) in [6.45, 7) is 4.41. The van der Waals surface area contributed by atoms with Gasteiger partial charge in [0.1, 0.15) is 5.78 Å². The molecule has 2 aliphatic heterocycles. The molecule has 0 aliphatic carbocycles. The van der Waals surface area contributed by atoms with Crippen LogP contribution < -0.4 is 16.4 Å². The number of carbonyl (C=O) groups excluding carboxylic acids is 6. The van der Waals surface area contributed by atoms with Crippen LogP contribution in [0, 0.1) is 11.8 Å². The number of rotatable bonds is 27. The highest BCUT2D eigenvalue weighted by Gasteiger charge is 2.32. The molecule has 8 N–H and O–H groups in total. The van der Waals surface area contributed by atoms with E-state index in [0.29, 0.717) is 52.1 Å². The molecule has 0 bridgehead atoms. The van der Waals surface area contributed by atoms with Gasteiger partial charge in [-0.2, -0.15) is 0 Å². The molecule has 2 fully saturated rings. The summed E-state index contributed by atoms with van der Waals surface area (Å²) in [5.74, 6) is -6.33. The lowest BCUT2D eigenvalue weighted by Gasteiger charge is -2.33. The Morgan fingerprint density at radius 1 is 0.630 bits per heavy atom. The van der Waals surface area contributed by atoms with Gasteiger partial charge in [-0.15, -0.1) is 0 Å². The lowest BCUT2D eigenvalue weighted by molar-refractivity contribution is -0.140. The number of primary amides is 1. The Kier molecular flexibility index (Phi) is 23.1. The van der Waals surface area contributed by atoms with E-state index in [1.165, 1.54) is 0 Å². The highest BCUT2D eigenvalue weighted by Crippen LogP contribution is 2.23. The lowest BCUT2D eigenvalue weighted by atomic mass is 9.90. The van der Waals surface area contributed by atoms with Gasteiger partial charge in [0, 0.05) is 107 Å². The SMILES string of the molecule is CCC(=O)[C@H](Cc1c[nH]c2ccccc12)NC(=O)[C@H](CCC(N)=O)CC(=O)[C@@H](Cc1ccccc1)NC(=O)CN1CCC(CC(=O)CN2CCN(CC(=O)O)CCN(CC(=O)O)CCN(CC(=O)O)CC2)CC1. The number of nitrogens with one attached hydrogen (secondary N) is 3.